The van der Waals surface area contributed by atoms with Crippen molar-refractivity contribution in [1.29, 1.82) is 0 Å². The van der Waals surface area contributed by atoms with Crippen molar-refractivity contribution >= 4 is 0 Å². The number of fused-ring (bicyclic) bond motifs is 1. The maximum atomic E-state index is 10.5. The molecule has 1 aromatic carbocycles. The summed E-state index contributed by atoms with van der Waals surface area (Å²) in [6, 6.07) is 7.98. The van der Waals surface area contributed by atoms with Crippen LogP contribution >= 0.6 is 0 Å². The van der Waals surface area contributed by atoms with Crippen LogP contribution in [0.5, 0.6) is 5.75 Å². The Morgan fingerprint density at radius 3 is 2.95 bits per heavy atom. The molecule has 3 atom stereocenters. The van der Waals surface area contributed by atoms with Gasteiger partial charge in [0.25, 0.3) is 0 Å². The van der Waals surface area contributed by atoms with Crippen molar-refractivity contribution in [2.75, 3.05) is 0 Å². The fourth-order valence-corrected chi connectivity index (χ4v) is 4.04. The molecule has 0 bridgehead atoms. The first-order chi connectivity index (χ1) is 9.72. The lowest BCUT2D eigenvalue weighted by molar-refractivity contribution is -0.0251. The van der Waals surface area contributed by atoms with Crippen LogP contribution in [-0.2, 0) is 0 Å². The molecule has 0 saturated heterocycles. The standard InChI is InChI=1S/C18H26O2/c1-2-6-14-7-5-11-18(12-10-14)13-16(19)15-8-3-4-9-17(15)20-18/h3-4,8-9,14,16,19H,2,5-7,10-13H2,1H3. The van der Waals surface area contributed by atoms with E-state index in [0.29, 0.717) is 0 Å². The molecule has 110 valence electrons. The van der Waals surface area contributed by atoms with Gasteiger partial charge in [-0.2, -0.15) is 0 Å². The molecule has 0 aromatic heterocycles. The number of rotatable bonds is 2. The summed E-state index contributed by atoms with van der Waals surface area (Å²) in [5, 5.41) is 10.5. The Morgan fingerprint density at radius 2 is 2.10 bits per heavy atom. The van der Waals surface area contributed by atoms with E-state index in [2.05, 4.69) is 6.92 Å². The fourth-order valence-electron chi connectivity index (χ4n) is 4.04. The lowest BCUT2D eigenvalue weighted by Crippen LogP contribution is -2.40. The number of aliphatic hydroxyl groups is 1. The predicted molar refractivity (Wildman–Crippen MR) is 80.9 cm³/mol. The minimum absolute atomic E-state index is 0.115. The van der Waals surface area contributed by atoms with Crippen molar-refractivity contribution in [2.45, 2.75) is 70.0 Å². The lowest BCUT2D eigenvalue weighted by Gasteiger charge is -2.40. The molecule has 1 aliphatic heterocycles. The van der Waals surface area contributed by atoms with Crippen LogP contribution in [0, 0.1) is 5.92 Å². The topological polar surface area (TPSA) is 29.5 Å². The quantitative estimate of drug-likeness (QED) is 0.852. The Hall–Kier alpha value is -1.02. The SMILES string of the molecule is CCCC1CCCC2(CC1)CC(O)c1ccccc1O2. The van der Waals surface area contributed by atoms with E-state index in [-0.39, 0.29) is 11.7 Å². The van der Waals surface area contributed by atoms with Gasteiger partial charge >= 0.3 is 0 Å². The zero-order valence-electron chi connectivity index (χ0n) is 12.5. The van der Waals surface area contributed by atoms with Crippen LogP contribution < -0.4 is 4.74 Å². The van der Waals surface area contributed by atoms with E-state index in [9.17, 15) is 5.11 Å². The van der Waals surface area contributed by atoms with Crippen LogP contribution in [0.4, 0.5) is 0 Å². The second kappa shape index (κ2) is 5.77. The minimum Gasteiger partial charge on any atom is -0.487 e. The molecule has 3 unspecified atom stereocenters. The van der Waals surface area contributed by atoms with Gasteiger partial charge in [0.1, 0.15) is 11.4 Å². The van der Waals surface area contributed by atoms with Crippen LogP contribution in [0.25, 0.3) is 0 Å². The fraction of sp³-hybridized carbons (Fsp3) is 0.667. The molecule has 2 aliphatic rings. The summed E-state index contributed by atoms with van der Waals surface area (Å²) in [6.45, 7) is 2.28. The molecule has 2 heteroatoms. The largest absolute Gasteiger partial charge is 0.487 e. The maximum absolute atomic E-state index is 10.5. The summed E-state index contributed by atoms with van der Waals surface area (Å²) in [5.74, 6) is 1.76. The summed E-state index contributed by atoms with van der Waals surface area (Å²) < 4.78 is 6.38. The molecular formula is C18H26O2. The molecule has 1 heterocycles. The molecule has 0 amide bonds. The summed E-state index contributed by atoms with van der Waals surface area (Å²) >= 11 is 0. The molecule has 1 N–H and O–H groups in total. The normalized spacial score (nSPS) is 33.3. The van der Waals surface area contributed by atoms with E-state index >= 15 is 0 Å². The van der Waals surface area contributed by atoms with Gasteiger partial charge in [-0.25, -0.2) is 0 Å². The minimum atomic E-state index is -0.359. The number of ether oxygens (including phenoxy) is 1. The van der Waals surface area contributed by atoms with E-state index in [4.69, 9.17) is 4.74 Å². The molecule has 3 rings (SSSR count). The Bertz CT molecular complexity index is 456. The van der Waals surface area contributed by atoms with Gasteiger partial charge in [0.05, 0.1) is 6.10 Å². The van der Waals surface area contributed by atoms with Gasteiger partial charge in [-0.15, -0.1) is 0 Å². The Morgan fingerprint density at radius 1 is 1.25 bits per heavy atom. The highest BCUT2D eigenvalue weighted by Gasteiger charge is 2.41. The highest BCUT2D eigenvalue weighted by atomic mass is 16.5. The van der Waals surface area contributed by atoms with Gasteiger partial charge in [-0.1, -0.05) is 44.4 Å². The molecule has 0 radical (unpaired) electrons. The van der Waals surface area contributed by atoms with Crippen molar-refractivity contribution < 1.29 is 9.84 Å². The summed E-state index contributed by atoms with van der Waals surface area (Å²) in [7, 11) is 0. The van der Waals surface area contributed by atoms with E-state index in [1.54, 1.807) is 0 Å². The molecule has 1 aliphatic carbocycles. The van der Waals surface area contributed by atoms with E-state index < -0.39 is 0 Å². The summed E-state index contributed by atoms with van der Waals surface area (Å²) in [5.41, 5.74) is 0.850. The Labute approximate surface area is 122 Å². The van der Waals surface area contributed by atoms with Gasteiger partial charge in [0.15, 0.2) is 0 Å². The third kappa shape index (κ3) is 2.71. The van der Waals surface area contributed by atoms with Gasteiger partial charge in [0, 0.05) is 12.0 Å². The molecule has 1 fully saturated rings. The van der Waals surface area contributed by atoms with Crippen molar-refractivity contribution in [3.05, 3.63) is 29.8 Å². The summed E-state index contributed by atoms with van der Waals surface area (Å²) in [6.07, 6.45) is 9.05. The molecule has 20 heavy (non-hydrogen) atoms. The van der Waals surface area contributed by atoms with Crippen molar-refractivity contribution in [3.63, 3.8) is 0 Å². The molecule has 2 nitrogen and oxygen atoms in total. The maximum Gasteiger partial charge on any atom is 0.125 e. The number of aliphatic hydroxyl groups excluding tert-OH is 1. The highest BCUT2D eigenvalue weighted by Crippen LogP contribution is 2.46. The lowest BCUT2D eigenvalue weighted by atomic mass is 9.83. The van der Waals surface area contributed by atoms with Gasteiger partial charge in [0.2, 0.25) is 0 Å². The molecule has 1 saturated carbocycles. The first kappa shape index (κ1) is 13.9. The van der Waals surface area contributed by atoms with Crippen molar-refractivity contribution in [2.24, 2.45) is 5.92 Å². The number of benzene rings is 1. The average molecular weight is 274 g/mol. The molecular weight excluding hydrogens is 248 g/mol. The van der Waals surface area contributed by atoms with Crippen LogP contribution in [0.1, 0.15) is 70.0 Å². The van der Waals surface area contributed by atoms with E-state index in [1.807, 2.05) is 24.3 Å². The predicted octanol–water partition coefficient (Wildman–Crippen LogP) is 4.62. The summed E-state index contributed by atoms with van der Waals surface area (Å²) in [4.78, 5) is 0. The van der Waals surface area contributed by atoms with E-state index in [1.165, 1.54) is 32.1 Å². The zero-order chi connectivity index (χ0) is 14.0. The third-order valence-corrected chi connectivity index (χ3v) is 5.12. The Balaban J connectivity index is 1.77. The second-order valence-corrected chi connectivity index (χ2v) is 6.63. The van der Waals surface area contributed by atoms with Crippen molar-refractivity contribution in [3.8, 4) is 5.75 Å². The third-order valence-electron chi connectivity index (χ3n) is 5.12. The monoisotopic (exact) mass is 274 g/mol. The van der Waals surface area contributed by atoms with Crippen LogP contribution in [0.15, 0.2) is 24.3 Å². The van der Waals surface area contributed by atoms with Crippen LogP contribution in [0.2, 0.25) is 0 Å². The van der Waals surface area contributed by atoms with Crippen LogP contribution in [-0.4, -0.2) is 10.7 Å². The number of para-hydroxylation sites is 1. The first-order valence-corrected chi connectivity index (χ1v) is 8.18. The second-order valence-electron chi connectivity index (χ2n) is 6.63. The molecule has 1 aromatic rings. The number of hydrogen-bond acceptors (Lipinski definition) is 2. The Kier molecular flexibility index (Phi) is 4.02. The molecule has 1 spiro atoms. The number of hydrogen-bond donors (Lipinski definition) is 1. The average Bonchev–Trinajstić information content (AvgIpc) is 2.63. The van der Waals surface area contributed by atoms with Crippen molar-refractivity contribution in [1.82, 2.24) is 0 Å². The first-order valence-electron chi connectivity index (χ1n) is 8.18. The van der Waals surface area contributed by atoms with Gasteiger partial charge < -0.3 is 9.84 Å². The zero-order valence-corrected chi connectivity index (χ0v) is 12.5. The smallest absolute Gasteiger partial charge is 0.125 e. The van der Waals surface area contributed by atoms with E-state index in [0.717, 1.165) is 36.5 Å². The van der Waals surface area contributed by atoms with Gasteiger partial charge in [-0.3, -0.25) is 0 Å². The van der Waals surface area contributed by atoms with Gasteiger partial charge in [-0.05, 0) is 37.7 Å². The highest BCUT2D eigenvalue weighted by molar-refractivity contribution is 5.38. The van der Waals surface area contributed by atoms with Crippen LogP contribution in [0.3, 0.4) is 0 Å².